The molecular weight excluding hydrogens is 273 g/mol. The first-order valence-electron chi connectivity index (χ1n) is 8.86. The van der Waals surface area contributed by atoms with Crippen molar-refractivity contribution in [2.24, 2.45) is 23.7 Å². The van der Waals surface area contributed by atoms with Gasteiger partial charge in [-0.1, -0.05) is 57.6 Å². The van der Waals surface area contributed by atoms with Crippen molar-refractivity contribution in [1.29, 1.82) is 0 Å². The minimum absolute atomic E-state index is 0.0440. The van der Waals surface area contributed by atoms with Gasteiger partial charge in [-0.15, -0.1) is 0 Å². The van der Waals surface area contributed by atoms with Gasteiger partial charge in [0.25, 0.3) is 0 Å². The Morgan fingerprint density at radius 2 is 1.86 bits per heavy atom. The Balaban J connectivity index is 2.30. The lowest BCUT2D eigenvalue weighted by Crippen LogP contribution is -2.52. The molecule has 118 valence electrons. The number of likely N-dealkylation sites (tertiary alicyclic amines) is 1. The Morgan fingerprint density at radius 3 is 2.43 bits per heavy atom. The number of hydrogen-bond donors (Lipinski definition) is 0. The van der Waals surface area contributed by atoms with E-state index in [2.05, 4.69) is 39.5 Å². The molecule has 3 heteroatoms. The summed E-state index contributed by atoms with van der Waals surface area (Å²) >= 11 is 5.89. The summed E-state index contributed by atoms with van der Waals surface area (Å²) in [6, 6.07) is 0.522. The van der Waals surface area contributed by atoms with Gasteiger partial charge in [-0.2, -0.15) is 0 Å². The molecule has 1 aliphatic heterocycles. The van der Waals surface area contributed by atoms with E-state index in [0.29, 0.717) is 23.8 Å². The highest BCUT2D eigenvalue weighted by Crippen LogP contribution is 2.55. The van der Waals surface area contributed by atoms with Gasteiger partial charge in [0.1, 0.15) is 0 Å². The molecule has 1 nitrogen and oxygen atoms in total. The molecule has 0 aromatic heterocycles. The normalized spacial score (nSPS) is 38.3. The number of piperidine rings is 1. The first kappa shape index (κ1) is 17.3. The van der Waals surface area contributed by atoms with E-state index >= 15 is 0 Å². The standard InChI is InChI=1S/C18H32BNS/c1-12(2)18(19)11-14(5)7-6-8-15-16(18)9-10-20(13(3)4)17(15)21/h12-16H,6-11H2,1-5H3. The number of rotatable bonds is 2. The summed E-state index contributed by atoms with van der Waals surface area (Å²) in [6.07, 6.45) is 6.23. The van der Waals surface area contributed by atoms with Crippen LogP contribution >= 0.6 is 12.2 Å². The molecule has 4 atom stereocenters. The monoisotopic (exact) mass is 305 g/mol. The van der Waals surface area contributed by atoms with Crippen molar-refractivity contribution < 1.29 is 0 Å². The highest BCUT2D eigenvalue weighted by molar-refractivity contribution is 7.80. The molecule has 2 aliphatic rings. The zero-order valence-electron chi connectivity index (χ0n) is 14.6. The van der Waals surface area contributed by atoms with E-state index in [1.807, 2.05) is 0 Å². The van der Waals surface area contributed by atoms with Gasteiger partial charge < -0.3 is 4.90 Å². The van der Waals surface area contributed by atoms with Crippen LogP contribution in [0.1, 0.15) is 66.7 Å². The van der Waals surface area contributed by atoms with Crippen LogP contribution < -0.4 is 0 Å². The average molecular weight is 305 g/mol. The third-order valence-corrected chi connectivity index (χ3v) is 6.61. The van der Waals surface area contributed by atoms with Gasteiger partial charge in [0, 0.05) is 18.5 Å². The van der Waals surface area contributed by atoms with Crippen LogP contribution in [0.15, 0.2) is 0 Å². The van der Waals surface area contributed by atoms with E-state index in [1.165, 1.54) is 30.7 Å². The van der Waals surface area contributed by atoms with Gasteiger partial charge in [0.2, 0.25) is 0 Å². The van der Waals surface area contributed by atoms with Crippen LogP contribution in [-0.4, -0.2) is 30.3 Å². The fraction of sp³-hybridized carbons (Fsp3) is 0.944. The van der Waals surface area contributed by atoms with E-state index < -0.39 is 0 Å². The first-order chi connectivity index (χ1) is 9.77. The lowest BCUT2D eigenvalue weighted by molar-refractivity contribution is 0.117. The van der Waals surface area contributed by atoms with Crippen molar-refractivity contribution in [3.63, 3.8) is 0 Å². The SMILES string of the molecule is [B]C1(C(C)C)CC(C)CCCC2C(=S)N(C(C)C)CCC21. The van der Waals surface area contributed by atoms with Crippen LogP contribution in [0, 0.1) is 23.7 Å². The molecule has 2 rings (SSSR count). The molecule has 0 bridgehead atoms. The molecule has 0 amide bonds. The fourth-order valence-corrected chi connectivity index (χ4v) is 5.25. The molecule has 2 radical (unpaired) electrons. The van der Waals surface area contributed by atoms with Gasteiger partial charge in [0.15, 0.2) is 0 Å². The minimum Gasteiger partial charge on any atom is -0.363 e. The highest BCUT2D eigenvalue weighted by atomic mass is 32.1. The molecule has 2 fully saturated rings. The van der Waals surface area contributed by atoms with Crippen molar-refractivity contribution >= 4 is 25.1 Å². The maximum absolute atomic E-state index is 7.02. The lowest BCUT2D eigenvalue weighted by Gasteiger charge is -2.53. The Morgan fingerprint density at radius 1 is 1.19 bits per heavy atom. The quantitative estimate of drug-likeness (QED) is 0.530. The molecule has 1 saturated carbocycles. The molecule has 21 heavy (non-hydrogen) atoms. The van der Waals surface area contributed by atoms with Crippen molar-refractivity contribution in [3.8, 4) is 0 Å². The summed E-state index contributed by atoms with van der Waals surface area (Å²) in [5.41, 5.74) is 0. The minimum atomic E-state index is -0.0440. The van der Waals surface area contributed by atoms with Crippen LogP contribution in [-0.2, 0) is 0 Å². The molecule has 1 aliphatic carbocycles. The maximum atomic E-state index is 7.02. The average Bonchev–Trinajstić information content (AvgIpc) is 2.37. The Labute approximate surface area is 138 Å². The van der Waals surface area contributed by atoms with E-state index in [0.717, 1.165) is 18.9 Å². The predicted molar refractivity (Wildman–Crippen MR) is 97.0 cm³/mol. The van der Waals surface area contributed by atoms with Crippen molar-refractivity contribution in [3.05, 3.63) is 0 Å². The van der Waals surface area contributed by atoms with Crippen LogP contribution in [0.5, 0.6) is 0 Å². The second-order valence-corrected chi connectivity index (χ2v) is 8.55. The summed E-state index contributed by atoms with van der Waals surface area (Å²) < 4.78 is 0. The van der Waals surface area contributed by atoms with E-state index in [9.17, 15) is 0 Å². The first-order valence-corrected chi connectivity index (χ1v) is 9.27. The summed E-state index contributed by atoms with van der Waals surface area (Å²) in [5, 5.41) is -0.0440. The Hall–Kier alpha value is -0.0451. The topological polar surface area (TPSA) is 3.24 Å². The zero-order chi connectivity index (χ0) is 15.8. The molecule has 1 saturated heterocycles. The number of fused-ring (bicyclic) bond motifs is 1. The molecule has 0 spiro atoms. The third-order valence-electron chi connectivity index (χ3n) is 6.07. The van der Waals surface area contributed by atoms with Crippen LogP contribution in [0.3, 0.4) is 0 Å². The van der Waals surface area contributed by atoms with Gasteiger partial charge in [-0.05, 0) is 44.4 Å². The predicted octanol–water partition coefficient (Wildman–Crippen LogP) is 4.85. The lowest BCUT2D eigenvalue weighted by atomic mass is 9.46. The molecule has 0 aromatic carbocycles. The van der Waals surface area contributed by atoms with Gasteiger partial charge in [-0.25, -0.2) is 0 Å². The van der Waals surface area contributed by atoms with E-state index in [4.69, 9.17) is 20.1 Å². The summed E-state index contributed by atoms with van der Waals surface area (Å²) in [5.74, 6) is 2.37. The van der Waals surface area contributed by atoms with Crippen LogP contribution in [0.25, 0.3) is 0 Å². The second-order valence-electron chi connectivity index (χ2n) is 8.13. The largest absolute Gasteiger partial charge is 0.363 e. The summed E-state index contributed by atoms with van der Waals surface area (Å²) in [4.78, 5) is 3.65. The number of hydrogen-bond acceptors (Lipinski definition) is 1. The van der Waals surface area contributed by atoms with Gasteiger partial charge in [0.05, 0.1) is 12.8 Å². The smallest absolute Gasteiger partial charge is 0.0815 e. The summed E-state index contributed by atoms with van der Waals surface area (Å²) in [7, 11) is 7.02. The van der Waals surface area contributed by atoms with Crippen molar-refractivity contribution in [2.45, 2.75) is 78.1 Å². The van der Waals surface area contributed by atoms with Gasteiger partial charge in [-0.3, -0.25) is 0 Å². The Kier molecular flexibility index (Phi) is 5.44. The van der Waals surface area contributed by atoms with E-state index in [-0.39, 0.29) is 5.31 Å². The van der Waals surface area contributed by atoms with Crippen LogP contribution in [0.4, 0.5) is 0 Å². The number of thiocarbonyl (C=S) groups is 1. The summed E-state index contributed by atoms with van der Waals surface area (Å²) in [6.45, 7) is 12.6. The molecule has 0 aromatic rings. The number of nitrogens with zero attached hydrogens (tertiary/aromatic N) is 1. The van der Waals surface area contributed by atoms with Crippen LogP contribution in [0.2, 0.25) is 5.31 Å². The third kappa shape index (κ3) is 3.33. The van der Waals surface area contributed by atoms with Crippen molar-refractivity contribution in [1.82, 2.24) is 4.90 Å². The fourth-order valence-electron chi connectivity index (χ4n) is 4.66. The molecule has 0 N–H and O–H groups in total. The zero-order valence-corrected chi connectivity index (χ0v) is 15.4. The van der Waals surface area contributed by atoms with E-state index in [1.54, 1.807) is 0 Å². The second kappa shape index (κ2) is 6.60. The Bertz CT molecular complexity index is 381. The maximum Gasteiger partial charge on any atom is 0.0815 e. The molecular formula is C18H32BNS. The highest BCUT2D eigenvalue weighted by Gasteiger charge is 2.46. The van der Waals surface area contributed by atoms with Gasteiger partial charge >= 0.3 is 0 Å². The van der Waals surface area contributed by atoms with Crippen molar-refractivity contribution in [2.75, 3.05) is 6.54 Å². The molecule has 4 unspecified atom stereocenters. The molecule has 1 heterocycles.